The molecule has 0 saturated carbocycles. The summed E-state index contributed by atoms with van der Waals surface area (Å²) in [5.74, 6) is 0. The minimum absolute atomic E-state index is 0.235. The molecule has 6 nitrogen and oxygen atoms in total. The topological polar surface area (TPSA) is 102 Å². The molecule has 2 aromatic carbocycles. The van der Waals surface area contributed by atoms with Gasteiger partial charge in [0.25, 0.3) is 0 Å². The van der Waals surface area contributed by atoms with Crippen LogP contribution >= 0.6 is 0 Å². The Morgan fingerprint density at radius 2 is 1.34 bits per heavy atom. The van der Waals surface area contributed by atoms with Crippen LogP contribution < -0.4 is 11.5 Å². The number of hydrogen-bond acceptors (Lipinski definition) is 6. The fourth-order valence-electron chi connectivity index (χ4n) is 5.99. The Hall–Kier alpha value is -2.12. The van der Waals surface area contributed by atoms with E-state index in [0.29, 0.717) is 0 Å². The van der Waals surface area contributed by atoms with Crippen LogP contribution in [-0.2, 0) is 50.0 Å². The molecule has 188 valence electrons. The molecule has 0 amide bonds. The van der Waals surface area contributed by atoms with Gasteiger partial charge in [-0.25, -0.2) is 0 Å². The molecule has 0 bridgehead atoms. The minimum Gasteiger partial charge on any atom is -0.399 e. The maximum Gasteiger partial charge on any atom is 0.0850 e. The summed E-state index contributed by atoms with van der Waals surface area (Å²) < 4.78 is 23.1. The number of nitrogen functional groups attached to an aromatic ring is 2. The van der Waals surface area contributed by atoms with Gasteiger partial charge in [0.05, 0.1) is 50.8 Å². The molecule has 0 radical (unpaired) electrons. The highest BCUT2D eigenvalue weighted by Crippen LogP contribution is 2.50. The molecule has 4 aliphatic heterocycles. The highest BCUT2D eigenvalue weighted by atomic mass is 16.6. The van der Waals surface area contributed by atoms with Crippen molar-refractivity contribution >= 4 is 11.4 Å². The summed E-state index contributed by atoms with van der Waals surface area (Å²) in [4.78, 5) is 0. The van der Waals surface area contributed by atoms with Crippen molar-refractivity contribution in [3.8, 4) is 0 Å². The predicted octanol–water partition coefficient (Wildman–Crippen LogP) is 3.72. The van der Waals surface area contributed by atoms with Crippen molar-refractivity contribution in [2.45, 2.75) is 82.2 Å². The Kier molecular flexibility index (Phi) is 6.04. The van der Waals surface area contributed by atoms with Crippen LogP contribution in [0.1, 0.15) is 60.1 Å². The molecule has 4 heterocycles. The van der Waals surface area contributed by atoms with Gasteiger partial charge in [-0.2, -0.15) is 0 Å². The molecular formula is C29H38N2O4. The van der Waals surface area contributed by atoms with Crippen LogP contribution in [0.15, 0.2) is 24.3 Å². The van der Waals surface area contributed by atoms with E-state index in [-0.39, 0.29) is 29.8 Å². The van der Waals surface area contributed by atoms with E-state index >= 15 is 0 Å². The van der Waals surface area contributed by atoms with Crippen molar-refractivity contribution in [1.29, 1.82) is 0 Å². The molecule has 2 aromatic rings. The predicted molar refractivity (Wildman–Crippen MR) is 137 cm³/mol. The Morgan fingerprint density at radius 3 is 1.89 bits per heavy atom. The second-order valence-electron chi connectivity index (χ2n) is 10.8. The Balaban J connectivity index is 1.58. The fourth-order valence-corrected chi connectivity index (χ4v) is 5.99. The fraction of sp³-hybridized carbons (Fsp3) is 0.586. The molecule has 4 fully saturated rings. The van der Waals surface area contributed by atoms with E-state index in [1.165, 1.54) is 33.4 Å². The molecule has 6 rings (SSSR count). The summed E-state index contributed by atoms with van der Waals surface area (Å²) in [7, 11) is 0. The minimum atomic E-state index is -0.235. The lowest BCUT2D eigenvalue weighted by atomic mass is 9.65. The number of ether oxygens (including phenoxy) is 4. The molecule has 4 N–H and O–H groups in total. The third-order valence-corrected chi connectivity index (χ3v) is 8.27. The summed E-state index contributed by atoms with van der Waals surface area (Å²) in [6, 6.07) is 9.07. The second kappa shape index (κ2) is 9.07. The molecule has 0 aliphatic carbocycles. The van der Waals surface area contributed by atoms with Gasteiger partial charge >= 0.3 is 0 Å². The highest BCUT2D eigenvalue weighted by molar-refractivity contribution is 5.64. The first kappa shape index (κ1) is 23.3. The van der Waals surface area contributed by atoms with Gasteiger partial charge in [-0.1, -0.05) is 32.0 Å². The normalized spacial score (nSPS) is 27.9. The largest absolute Gasteiger partial charge is 0.399 e. The third kappa shape index (κ3) is 4.82. The summed E-state index contributed by atoms with van der Waals surface area (Å²) >= 11 is 0. The standard InChI is InChI=1S/C29H38N2O4/c1-3-17-7-19(5-6-27(17)30)29(11-22-15-34-22,12-23-16-35-23)26-9-18(8-20-13-32-20)28(31)24(4-2)25(26)10-21-14-33-21/h5-7,9,20-23H,3-4,8,10-16,30-31H2,1-2H3. The van der Waals surface area contributed by atoms with E-state index in [0.717, 1.165) is 76.3 Å². The van der Waals surface area contributed by atoms with Crippen LogP contribution in [0.5, 0.6) is 0 Å². The van der Waals surface area contributed by atoms with Gasteiger partial charge in [0, 0.05) is 29.6 Å². The molecule has 35 heavy (non-hydrogen) atoms. The molecule has 4 unspecified atom stereocenters. The van der Waals surface area contributed by atoms with E-state index < -0.39 is 0 Å². The maximum absolute atomic E-state index is 6.85. The number of rotatable bonds is 12. The molecule has 4 saturated heterocycles. The van der Waals surface area contributed by atoms with Crippen molar-refractivity contribution in [3.63, 3.8) is 0 Å². The van der Waals surface area contributed by atoms with Crippen molar-refractivity contribution in [1.82, 2.24) is 0 Å². The SMILES string of the molecule is CCc1cc(C(CC2CO2)(CC2CO2)c2cc(CC3CO3)c(N)c(CC)c2CC2CO2)ccc1N. The lowest BCUT2D eigenvalue weighted by molar-refractivity contribution is 0.298. The van der Waals surface area contributed by atoms with E-state index in [1.54, 1.807) is 0 Å². The van der Waals surface area contributed by atoms with Gasteiger partial charge in [0.15, 0.2) is 0 Å². The molecule has 4 aliphatic rings. The first-order chi connectivity index (χ1) is 17.0. The quantitative estimate of drug-likeness (QED) is 0.356. The van der Waals surface area contributed by atoms with E-state index in [1.807, 2.05) is 0 Å². The maximum atomic E-state index is 6.85. The van der Waals surface area contributed by atoms with Gasteiger partial charge in [-0.05, 0) is 65.1 Å². The van der Waals surface area contributed by atoms with Crippen molar-refractivity contribution in [3.05, 3.63) is 57.6 Å². The van der Waals surface area contributed by atoms with Gasteiger partial charge in [0.2, 0.25) is 0 Å². The number of aryl methyl sites for hydroxylation is 1. The number of anilines is 2. The number of nitrogens with two attached hydrogens (primary N) is 2. The number of benzene rings is 2. The highest BCUT2D eigenvalue weighted by Gasteiger charge is 2.47. The van der Waals surface area contributed by atoms with Crippen molar-refractivity contribution in [2.75, 3.05) is 37.9 Å². The van der Waals surface area contributed by atoms with Gasteiger partial charge < -0.3 is 30.4 Å². The van der Waals surface area contributed by atoms with Crippen LogP contribution in [-0.4, -0.2) is 50.8 Å². The smallest absolute Gasteiger partial charge is 0.0850 e. The van der Waals surface area contributed by atoms with E-state index in [9.17, 15) is 0 Å². The first-order valence-electron chi connectivity index (χ1n) is 13.3. The number of epoxide rings is 4. The average molecular weight is 479 g/mol. The Labute approximate surface area is 208 Å². The van der Waals surface area contributed by atoms with E-state index in [4.69, 9.17) is 30.4 Å². The van der Waals surface area contributed by atoms with Gasteiger partial charge in [-0.3, -0.25) is 0 Å². The monoisotopic (exact) mass is 478 g/mol. The second-order valence-corrected chi connectivity index (χ2v) is 10.8. The summed E-state index contributed by atoms with van der Waals surface area (Å²) in [6.45, 7) is 7.69. The van der Waals surface area contributed by atoms with E-state index in [2.05, 4.69) is 38.1 Å². The molecule has 0 spiro atoms. The number of hydrogen-bond donors (Lipinski definition) is 2. The summed E-state index contributed by atoms with van der Waals surface area (Å²) in [6.07, 6.45) is 6.53. The van der Waals surface area contributed by atoms with Crippen LogP contribution in [0.2, 0.25) is 0 Å². The van der Waals surface area contributed by atoms with Crippen LogP contribution in [0.3, 0.4) is 0 Å². The van der Waals surface area contributed by atoms with Crippen LogP contribution in [0, 0.1) is 0 Å². The van der Waals surface area contributed by atoms with Crippen LogP contribution in [0.4, 0.5) is 11.4 Å². The molecule has 0 aromatic heterocycles. The average Bonchev–Trinajstić information content (AvgIpc) is 3.68. The van der Waals surface area contributed by atoms with Gasteiger partial charge in [-0.15, -0.1) is 0 Å². The molecule has 6 heteroatoms. The third-order valence-electron chi connectivity index (χ3n) is 8.27. The molecule has 4 atom stereocenters. The first-order valence-corrected chi connectivity index (χ1v) is 13.3. The summed E-state index contributed by atoms with van der Waals surface area (Å²) in [5, 5.41) is 0. The Bertz CT molecular complexity index is 1090. The lowest BCUT2D eigenvalue weighted by Gasteiger charge is -2.38. The van der Waals surface area contributed by atoms with Gasteiger partial charge in [0.1, 0.15) is 0 Å². The van der Waals surface area contributed by atoms with Crippen LogP contribution in [0.25, 0.3) is 0 Å². The van der Waals surface area contributed by atoms with Crippen molar-refractivity contribution in [2.24, 2.45) is 0 Å². The summed E-state index contributed by atoms with van der Waals surface area (Å²) in [5.41, 5.74) is 22.5. The molecular weight excluding hydrogens is 440 g/mol. The zero-order valence-electron chi connectivity index (χ0n) is 21.0. The lowest BCUT2D eigenvalue weighted by Crippen LogP contribution is -2.34. The zero-order chi connectivity index (χ0) is 24.2. The zero-order valence-corrected chi connectivity index (χ0v) is 21.0. The Morgan fingerprint density at radius 1 is 0.743 bits per heavy atom. The van der Waals surface area contributed by atoms with Crippen molar-refractivity contribution < 1.29 is 18.9 Å².